The number of nitrogens with zero attached hydrogens (tertiary/aromatic N) is 1. The minimum Gasteiger partial charge on any atom is -0.396 e. The average Bonchev–Trinajstić information content (AvgIpc) is 2.11. The SMILES string of the molecule is CCC(C)(C)Nc1nc(Cl)ccc1N. The molecule has 0 saturated carbocycles. The van der Waals surface area contributed by atoms with Gasteiger partial charge in [-0.2, -0.15) is 0 Å². The standard InChI is InChI=1S/C10H16ClN3/c1-4-10(2,3)14-9-7(12)5-6-8(11)13-9/h5-6H,4,12H2,1-3H3,(H,13,14). The van der Waals surface area contributed by atoms with E-state index < -0.39 is 0 Å². The summed E-state index contributed by atoms with van der Waals surface area (Å²) in [6.45, 7) is 6.29. The number of nitrogen functional groups attached to an aromatic ring is 1. The van der Waals surface area contributed by atoms with Crippen LogP contribution in [0, 0.1) is 0 Å². The summed E-state index contributed by atoms with van der Waals surface area (Å²) in [4.78, 5) is 4.14. The summed E-state index contributed by atoms with van der Waals surface area (Å²) in [6.07, 6.45) is 0.987. The van der Waals surface area contributed by atoms with Crippen LogP contribution in [0.1, 0.15) is 27.2 Å². The summed E-state index contributed by atoms with van der Waals surface area (Å²) in [5.74, 6) is 0.657. The Bertz CT molecular complexity index is 323. The Hall–Kier alpha value is -0.960. The monoisotopic (exact) mass is 213 g/mol. The van der Waals surface area contributed by atoms with Crippen LogP contribution in [0.5, 0.6) is 0 Å². The summed E-state index contributed by atoms with van der Waals surface area (Å²) >= 11 is 5.78. The average molecular weight is 214 g/mol. The van der Waals surface area contributed by atoms with Gasteiger partial charge in [-0.1, -0.05) is 18.5 Å². The first-order valence-electron chi connectivity index (χ1n) is 4.65. The molecule has 0 spiro atoms. The summed E-state index contributed by atoms with van der Waals surface area (Å²) in [6, 6.07) is 3.43. The molecular formula is C10H16ClN3. The molecule has 0 saturated heterocycles. The molecule has 3 N–H and O–H groups in total. The second kappa shape index (κ2) is 4.05. The number of rotatable bonds is 3. The first-order chi connectivity index (χ1) is 6.44. The Balaban J connectivity index is 2.91. The summed E-state index contributed by atoms with van der Waals surface area (Å²) in [5.41, 5.74) is 6.37. The molecule has 14 heavy (non-hydrogen) atoms. The number of nitrogens with one attached hydrogen (secondary N) is 1. The fourth-order valence-electron chi connectivity index (χ4n) is 0.955. The van der Waals surface area contributed by atoms with Crippen molar-refractivity contribution in [3.63, 3.8) is 0 Å². The van der Waals surface area contributed by atoms with E-state index in [2.05, 4.69) is 31.1 Å². The van der Waals surface area contributed by atoms with E-state index in [4.69, 9.17) is 17.3 Å². The summed E-state index contributed by atoms with van der Waals surface area (Å²) < 4.78 is 0. The normalized spacial score (nSPS) is 11.4. The van der Waals surface area contributed by atoms with Gasteiger partial charge < -0.3 is 11.1 Å². The lowest BCUT2D eigenvalue weighted by Gasteiger charge is -2.25. The molecular weight excluding hydrogens is 198 g/mol. The molecule has 1 aromatic heterocycles. The van der Waals surface area contributed by atoms with Crippen LogP contribution in [0.15, 0.2) is 12.1 Å². The van der Waals surface area contributed by atoms with Crippen LogP contribution < -0.4 is 11.1 Å². The highest BCUT2D eigenvalue weighted by Crippen LogP contribution is 2.23. The van der Waals surface area contributed by atoms with Crippen molar-refractivity contribution in [2.45, 2.75) is 32.7 Å². The number of halogens is 1. The van der Waals surface area contributed by atoms with Gasteiger partial charge in [0.2, 0.25) is 0 Å². The maximum atomic E-state index is 5.78. The van der Waals surface area contributed by atoms with E-state index in [-0.39, 0.29) is 5.54 Å². The molecule has 1 heterocycles. The van der Waals surface area contributed by atoms with Gasteiger partial charge in [-0.15, -0.1) is 0 Å². The maximum Gasteiger partial charge on any atom is 0.151 e. The van der Waals surface area contributed by atoms with E-state index in [0.29, 0.717) is 16.7 Å². The largest absolute Gasteiger partial charge is 0.396 e. The molecule has 0 amide bonds. The molecule has 0 fully saturated rings. The van der Waals surface area contributed by atoms with Gasteiger partial charge in [-0.3, -0.25) is 0 Å². The lowest BCUT2D eigenvalue weighted by molar-refractivity contribution is 0.545. The highest BCUT2D eigenvalue weighted by atomic mass is 35.5. The van der Waals surface area contributed by atoms with E-state index in [1.165, 1.54) is 0 Å². The van der Waals surface area contributed by atoms with Crippen LogP contribution in [0.4, 0.5) is 11.5 Å². The van der Waals surface area contributed by atoms with Gasteiger partial charge >= 0.3 is 0 Å². The van der Waals surface area contributed by atoms with Crippen molar-refractivity contribution in [1.29, 1.82) is 0 Å². The molecule has 0 aromatic carbocycles. The molecule has 78 valence electrons. The molecule has 0 aliphatic carbocycles. The van der Waals surface area contributed by atoms with Crippen LogP contribution in [-0.2, 0) is 0 Å². The lowest BCUT2D eigenvalue weighted by Crippen LogP contribution is -2.30. The van der Waals surface area contributed by atoms with Gasteiger partial charge in [0.1, 0.15) is 5.15 Å². The number of pyridine rings is 1. The molecule has 0 aliphatic heterocycles. The van der Waals surface area contributed by atoms with E-state index in [1.54, 1.807) is 12.1 Å². The van der Waals surface area contributed by atoms with E-state index >= 15 is 0 Å². The summed E-state index contributed by atoms with van der Waals surface area (Å²) in [7, 11) is 0. The lowest BCUT2D eigenvalue weighted by atomic mass is 10.0. The molecule has 0 aliphatic rings. The third kappa shape index (κ3) is 2.77. The van der Waals surface area contributed by atoms with Gasteiger partial charge in [0.15, 0.2) is 5.82 Å². The fraction of sp³-hybridized carbons (Fsp3) is 0.500. The number of hydrogen-bond acceptors (Lipinski definition) is 3. The van der Waals surface area contributed by atoms with Gasteiger partial charge in [-0.05, 0) is 32.4 Å². The topological polar surface area (TPSA) is 50.9 Å². The molecule has 1 rings (SSSR count). The number of aromatic nitrogens is 1. The number of nitrogens with two attached hydrogens (primary N) is 1. The molecule has 0 atom stereocenters. The van der Waals surface area contributed by atoms with Crippen LogP contribution in [0.3, 0.4) is 0 Å². The van der Waals surface area contributed by atoms with Crippen LogP contribution in [0.25, 0.3) is 0 Å². The third-order valence-corrected chi connectivity index (χ3v) is 2.44. The van der Waals surface area contributed by atoms with Gasteiger partial charge in [0, 0.05) is 5.54 Å². The maximum absolute atomic E-state index is 5.78. The molecule has 0 radical (unpaired) electrons. The van der Waals surface area contributed by atoms with E-state index in [9.17, 15) is 0 Å². The first-order valence-corrected chi connectivity index (χ1v) is 5.02. The quantitative estimate of drug-likeness (QED) is 0.760. The second-order valence-corrected chi connectivity index (χ2v) is 4.32. The molecule has 3 nitrogen and oxygen atoms in total. The molecule has 1 aromatic rings. The molecule has 0 unspecified atom stereocenters. The van der Waals surface area contributed by atoms with Gasteiger partial charge in [0.05, 0.1) is 5.69 Å². The Morgan fingerprint density at radius 3 is 2.71 bits per heavy atom. The first kappa shape index (κ1) is 11.1. The molecule has 4 heteroatoms. The van der Waals surface area contributed by atoms with Gasteiger partial charge in [0.25, 0.3) is 0 Å². The van der Waals surface area contributed by atoms with E-state index in [0.717, 1.165) is 6.42 Å². The minimum absolute atomic E-state index is 0.0220. The van der Waals surface area contributed by atoms with E-state index in [1.807, 2.05) is 0 Å². The van der Waals surface area contributed by atoms with Crippen LogP contribution in [-0.4, -0.2) is 10.5 Å². The van der Waals surface area contributed by atoms with Crippen molar-refractivity contribution in [3.8, 4) is 0 Å². The predicted molar refractivity (Wildman–Crippen MR) is 61.7 cm³/mol. The summed E-state index contributed by atoms with van der Waals surface area (Å²) in [5, 5.41) is 3.71. The number of anilines is 2. The van der Waals surface area contributed by atoms with Crippen molar-refractivity contribution in [1.82, 2.24) is 4.98 Å². The van der Waals surface area contributed by atoms with Gasteiger partial charge in [-0.25, -0.2) is 4.98 Å². The van der Waals surface area contributed by atoms with Crippen molar-refractivity contribution in [3.05, 3.63) is 17.3 Å². The van der Waals surface area contributed by atoms with Crippen molar-refractivity contribution >= 4 is 23.1 Å². The second-order valence-electron chi connectivity index (χ2n) is 3.93. The predicted octanol–water partition coefficient (Wildman–Crippen LogP) is 2.92. The smallest absolute Gasteiger partial charge is 0.151 e. The van der Waals surface area contributed by atoms with Crippen molar-refractivity contribution in [2.24, 2.45) is 0 Å². The van der Waals surface area contributed by atoms with Crippen LogP contribution >= 0.6 is 11.6 Å². The zero-order valence-electron chi connectivity index (χ0n) is 8.76. The van der Waals surface area contributed by atoms with Crippen molar-refractivity contribution in [2.75, 3.05) is 11.1 Å². The third-order valence-electron chi connectivity index (χ3n) is 2.23. The Morgan fingerprint density at radius 1 is 1.50 bits per heavy atom. The van der Waals surface area contributed by atoms with Crippen molar-refractivity contribution < 1.29 is 0 Å². The molecule has 0 bridgehead atoms. The Labute approximate surface area is 89.7 Å². The minimum atomic E-state index is -0.0220. The highest BCUT2D eigenvalue weighted by Gasteiger charge is 2.16. The fourth-order valence-corrected chi connectivity index (χ4v) is 1.10. The number of hydrogen-bond donors (Lipinski definition) is 2. The zero-order chi connectivity index (χ0) is 10.8. The zero-order valence-corrected chi connectivity index (χ0v) is 9.52. The Morgan fingerprint density at radius 2 is 2.14 bits per heavy atom. The Kier molecular flexibility index (Phi) is 3.21. The van der Waals surface area contributed by atoms with Crippen LogP contribution in [0.2, 0.25) is 5.15 Å². The highest BCUT2D eigenvalue weighted by molar-refractivity contribution is 6.29.